The fourth-order valence-corrected chi connectivity index (χ4v) is 12.3. The van der Waals surface area contributed by atoms with Gasteiger partial charge < -0.3 is 87.8 Å². The van der Waals surface area contributed by atoms with E-state index in [4.69, 9.17) is 47.4 Å². The Hall–Kier alpha value is -3.42. The van der Waals surface area contributed by atoms with E-state index in [1.54, 1.807) is 6.92 Å². The van der Waals surface area contributed by atoms with Crippen LogP contribution in [0.15, 0.2) is 18.2 Å². The van der Waals surface area contributed by atoms with Crippen molar-refractivity contribution in [1.82, 2.24) is 9.80 Å². The first-order valence-electron chi connectivity index (χ1n) is 26.6. The molecule has 6 N–H and O–H groups in total. The van der Waals surface area contributed by atoms with Crippen molar-refractivity contribution in [2.45, 2.75) is 228 Å². The van der Waals surface area contributed by atoms with Crippen molar-refractivity contribution in [2.24, 2.45) is 0 Å². The maximum absolute atomic E-state index is 14.0. The molecule has 0 bridgehead atoms. The van der Waals surface area contributed by atoms with Gasteiger partial charge in [0.05, 0.1) is 71.1 Å². The lowest BCUT2D eigenvalue weighted by Gasteiger charge is -2.49. The predicted molar refractivity (Wildman–Crippen MR) is 263 cm³/mol. The van der Waals surface area contributed by atoms with E-state index in [1.165, 1.54) is 18.2 Å². The number of phenols is 3. The molecule has 20 nitrogen and oxygen atoms in total. The lowest BCUT2D eigenvalue weighted by molar-refractivity contribution is -0.339. The first kappa shape index (κ1) is 55.3. The van der Waals surface area contributed by atoms with Crippen LogP contribution in [0.4, 0.5) is 0 Å². The molecule has 20 heteroatoms. The molecule has 5 fully saturated rings. The van der Waals surface area contributed by atoms with E-state index in [1.807, 2.05) is 67.7 Å². The number of rotatable bonds is 13. The van der Waals surface area contributed by atoms with Gasteiger partial charge in [0, 0.05) is 60.9 Å². The zero-order valence-electron chi connectivity index (χ0n) is 44.2. The molecule has 2 aromatic rings. The van der Waals surface area contributed by atoms with Crippen LogP contribution in [0.2, 0.25) is 0 Å². The van der Waals surface area contributed by atoms with Crippen molar-refractivity contribution >= 4 is 11.6 Å². The second-order valence-electron chi connectivity index (χ2n) is 22.1. The van der Waals surface area contributed by atoms with Crippen LogP contribution in [0.25, 0.3) is 0 Å². The Balaban J connectivity index is 0.825. The van der Waals surface area contributed by atoms with Gasteiger partial charge in [0.25, 0.3) is 0 Å². The fraction of sp³-hybridized carbons (Fsp3) is 0.741. The maximum atomic E-state index is 14.0. The number of likely N-dealkylation sites (N-methyl/N-ethyl adjacent to an activating group) is 2. The van der Waals surface area contributed by atoms with E-state index < -0.39 is 132 Å². The third-order valence-electron chi connectivity index (χ3n) is 16.7. The summed E-state index contributed by atoms with van der Waals surface area (Å²) in [5.74, 6) is -3.04. The highest BCUT2D eigenvalue weighted by molar-refractivity contribution is 6.31. The average Bonchev–Trinajstić information content (AvgIpc) is 3.34. The van der Waals surface area contributed by atoms with E-state index in [-0.39, 0.29) is 84.8 Å². The molecule has 5 aliphatic heterocycles. The smallest absolute Gasteiger partial charge is 0.202 e. The molecule has 0 aromatic heterocycles. The number of aromatic hydroxyl groups is 3. The molecule has 0 amide bonds. The van der Waals surface area contributed by atoms with Crippen molar-refractivity contribution < 1.29 is 87.6 Å². The Morgan fingerprint density at radius 2 is 1.12 bits per heavy atom. The molecule has 0 saturated carbocycles. The van der Waals surface area contributed by atoms with E-state index in [2.05, 4.69) is 4.90 Å². The Bertz CT molecular complexity index is 2340. The maximum Gasteiger partial charge on any atom is 0.202 e. The summed E-state index contributed by atoms with van der Waals surface area (Å²) < 4.78 is 64.4. The van der Waals surface area contributed by atoms with E-state index in [9.17, 15) is 40.2 Å². The number of carbonyl (C=O) groups is 2. The molecule has 412 valence electrons. The van der Waals surface area contributed by atoms with E-state index >= 15 is 0 Å². The number of aliphatic hydroxyl groups excluding tert-OH is 2. The summed E-state index contributed by atoms with van der Waals surface area (Å²) >= 11 is 0. The van der Waals surface area contributed by atoms with Gasteiger partial charge in [-0.25, -0.2) is 0 Å². The van der Waals surface area contributed by atoms with Gasteiger partial charge in [-0.05, 0) is 101 Å². The minimum atomic E-state index is -1.56. The zero-order chi connectivity index (χ0) is 53.2. The highest BCUT2D eigenvalue weighted by Crippen LogP contribution is 2.54. The summed E-state index contributed by atoms with van der Waals surface area (Å²) in [5, 5.41) is 68.0. The van der Waals surface area contributed by atoms with Gasteiger partial charge >= 0.3 is 0 Å². The largest absolute Gasteiger partial charge is 0.507 e. The molecule has 0 radical (unpaired) electrons. The van der Waals surface area contributed by atoms with Crippen LogP contribution in [-0.4, -0.2) is 196 Å². The van der Waals surface area contributed by atoms with Crippen LogP contribution in [0.1, 0.15) is 148 Å². The Morgan fingerprint density at radius 3 is 1.70 bits per heavy atom. The Morgan fingerprint density at radius 1 is 0.595 bits per heavy atom. The van der Waals surface area contributed by atoms with Gasteiger partial charge in [-0.15, -0.1) is 0 Å². The highest BCUT2D eigenvalue weighted by atomic mass is 16.8. The van der Waals surface area contributed by atoms with Gasteiger partial charge in [-0.2, -0.15) is 0 Å². The van der Waals surface area contributed by atoms with Crippen LogP contribution < -0.4 is 0 Å². The number of ether oxygens (including phenoxy) is 10. The first-order chi connectivity index (χ1) is 35.1. The quantitative estimate of drug-likeness (QED) is 0.131. The molecule has 9 rings (SSSR count). The van der Waals surface area contributed by atoms with Crippen molar-refractivity contribution in [3.8, 4) is 17.2 Å². The second kappa shape index (κ2) is 22.1. The van der Waals surface area contributed by atoms with Gasteiger partial charge in [0.1, 0.15) is 41.7 Å². The summed E-state index contributed by atoms with van der Waals surface area (Å²) in [7, 11) is 7.78. The predicted octanol–water partition coefficient (Wildman–Crippen LogP) is 4.30. The number of hydrogen-bond acceptors (Lipinski definition) is 20. The Labute approximate surface area is 433 Å². The fourth-order valence-electron chi connectivity index (χ4n) is 12.3. The number of nitrogens with zero attached hydrogens (tertiary/aromatic N) is 2. The molecule has 7 aliphatic rings. The van der Waals surface area contributed by atoms with Gasteiger partial charge in [0.2, 0.25) is 5.78 Å². The average molecular weight is 1040 g/mol. The summed E-state index contributed by atoms with van der Waals surface area (Å²) in [4.78, 5) is 31.8. The molecule has 2 aliphatic carbocycles. The number of benzene rings is 2. The van der Waals surface area contributed by atoms with Crippen molar-refractivity contribution in [1.29, 1.82) is 0 Å². The van der Waals surface area contributed by atoms with Crippen molar-refractivity contribution in [3.63, 3.8) is 0 Å². The van der Waals surface area contributed by atoms with Crippen LogP contribution in [-0.2, 0) is 53.8 Å². The monoisotopic (exact) mass is 1040 g/mol. The van der Waals surface area contributed by atoms with Crippen LogP contribution in [0.3, 0.4) is 0 Å². The normalized spacial score (nSPS) is 40.7. The van der Waals surface area contributed by atoms with Crippen LogP contribution >= 0.6 is 0 Å². The summed E-state index contributed by atoms with van der Waals surface area (Å²) in [6, 6.07) is 3.59. The minimum absolute atomic E-state index is 0.0115. The lowest BCUT2D eigenvalue weighted by atomic mass is 9.71. The molecule has 5 saturated heterocycles. The van der Waals surface area contributed by atoms with Crippen molar-refractivity contribution in [3.05, 3.63) is 51.6 Å². The third-order valence-corrected chi connectivity index (χ3v) is 16.7. The van der Waals surface area contributed by atoms with Gasteiger partial charge in [-0.3, -0.25) is 9.59 Å². The summed E-state index contributed by atoms with van der Waals surface area (Å²) in [5.41, 5.74) is -2.55. The first-order valence-corrected chi connectivity index (χ1v) is 26.6. The number of phenolic OH excluding ortho intramolecular Hbond substituents is 3. The summed E-state index contributed by atoms with van der Waals surface area (Å²) in [6.07, 6.45) is -6.26. The molecule has 0 unspecified atom stereocenters. The van der Waals surface area contributed by atoms with E-state index in [0.717, 1.165) is 0 Å². The van der Waals surface area contributed by atoms with Crippen LogP contribution in [0, 0.1) is 0 Å². The van der Waals surface area contributed by atoms with Crippen molar-refractivity contribution in [2.75, 3.05) is 28.2 Å². The highest BCUT2D eigenvalue weighted by Gasteiger charge is 2.52. The van der Waals surface area contributed by atoms with Gasteiger partial charge in [-0.1, -0.05) is 19.1 Å². The molecule has 74 heavy (non-hydrogen) atoms. The number of ketones is 2. The van der Waals surface area contributed by atoms with Gasteiger partial charge in [0.15, 0.2) is 37.2 Å². The standard InChI is InChI=1S/C54H78N2O18/c1-11-54(64)20-19-30-43(49(63)45-44(47(30)61)48(62)42-29(46(45)60)13-12-14-34(42)58)53(54)74-40-22-32(56(9)10)50(27(5)68-40)72-39-21-31(55(7)8)51(26(4)67-39)73-41-23-35(59)52(28(6)69-41)71-38-18-16-36(25(3)66-38)70-37-17-15-33(57)24(2)65-37/h12-14,24-28,31-33,35-41,50-53,57-59,61,63-64H,11,15-23H2,1-10H3/t24-,25+,26-,27-,28+,31+,32-,33+,35+,36+,37+,38+,39+,40+,41-,50+,51+,52-,53-,54+/m1/s1. The lowest BCUT2D eigenvalue weighted by Crippen LogP contribution is -2.60. The topological polar surface area (TPSA) is 254 Å². The molecular weight excluding hydrogens is 965 g/mol. The number of hydrogen-bond donors (Lipinski definition) is 6. The molecule has 5 heterocycles. The molecular formula is C54H78N2O18. The van der Waals surface area contributed by atoms with E-state index in [0.29, 0.717) is 32.1 Å². The summed E-state index contributed by atoms with van der Waals surface area (Å²) in [6.45, 7) is 11.2. The minimum Gasteiger partial charge on any atom is -0.507 e. The number of fused-ring (bicyclic) bond motifs is 3. The number of aliphatic hydroxyl groups is 3. The molecule has 0 spiro atoms. The second-order valence-corrected chi connectivity index (χ2v) is 22.1. The zero-order valence-corrected chi connectivity index (χ0v) is 44.2. The molecule has 20 atom stereocenters. The van der Waals surface area contributed by atoms with Crippen LogP contribution in [0.5, 0.6) is 17.2 Å². The molecule has 2 aromatic carbocycles. The SMILES string of the molecule is CC[C@]1(O)CCc2c(O)c3c(c(O)c2[C@H]1O[C@H]1C[C@@H](N(C)C)[C@@H](O[C@H]2C[C@H](N(C)C)[C@@H](O[C@@H]4C[C@H](O)[C@H](O[C@H]5CC[C@H](O[C@H]6CC[C@H](O)[C@@H](C)O6)[C@H](C)O5)[C@H](C)O4)[C@@H](C)O2)[C@@H](C)O1)C(=O)c1cccc(O)c1C3=O. The Kier molecular flexibility index (Phi) is 16.6. The number of carbonyl (C=O) groups excluding carboxylic acids is 2. The third kappa shape index (κ3) is 10.6.